The molecule has 0 heterocycles. The molecule has 2 rings (SSSR count). The number of carbonyl (C=O) groups is 2. The van der Waals surface area contributed by atoms with Gasteiger partial charge in [0, 0.05) is 13.7 Å². The van der Waals surface area contributed by atoms with Crippen molar-refractivity contribution in [2.24, 2.45) is 0 Å². The molecule has 0 aliphatic heterocycles. The highest BCUT2D eigenvalue weighted by Gasteiger charge is 2.40. The lowest BCUT2D eigenvalue weighted by Gasteiger charge is -2.40. The normalized spacial score (nSPS) is 22.9. The van der Waals surface area contributed by atoms with Crippen LogP contribution in [-0.2, 0) is 9.53 Å². The van der Waals surface area contributed by atoms with E-state index in [9.17, 15) is 9.59 Å². The van der Waals surface area contributed by atoms with Crippen molar-refractivity contribution in [3.05, 3.63) is 0 Å². The van der Waals surface area contributed by atoms with Crippen LogP contribution in [0.1, 0.15) is 51.4 Å². The van der Waals surface area contributed by atoms with Gasteiger partial charge in [0.25, 0.3) is 0 Å². The molecular weight excluding hydrogens is 260 g/mol. The van der Waals surface area contributed by atoms with Crippen LogP contribution in [0.5, 0.6) is 0 Å². The molecule has 2 aliphatic carbocycles. The number of methoxy groups -OCH3 is 1. The Bertz CT molecular complexity index is 368. The summed E-state index contributed by atoms with van der Waals surface area (Å²) in [6.45, 7) is 0.485. The Balaban J connectivity index is 1.84. The number of carboxylic acid groups (broad SMARTS) is 1. The highest BCUT2D eigenvalue weighted by atomic mass is 16.5. The molecule has 2 aliphatic rings. The predicted molar refractivity (Wildman–Crippen MR) is 73.6 cm³/mol. The van der Waals surface area contributed by atoms with Crippen LogP contribution in [0.4, 0.5) is 4.79 Å². The molecule has 3 N–H and O–H groups in total. The molecule has 6 heteroatoms. The number of amides is 2. The van der Waals surface area contributed by atoms with E-state index in [0.717, 1.165) is 44.9 Å². The summed E-state index contributed by atoms with van der Waals surface area (Å²) in [6.07, 6.45) is 6.46. The fourth-order valence-electron chi connectivity index (χ4n) is 3.24. The molecule has 2 fully saturated rings. The summed E-state index contributed by atoms with van der Waals surface area (Å²) in [6, 6.07) is -0.281. The third kappa shape index (κ3) is 3.42. The fraction of sp³-hybridized carbons (Fsp3) is 0.857. The molecule has 0 atom stereocenters. The number of hydrogen-bond donors (Lipinski definition) is 3. The van der Waals surface area contributed by atoms with Crippen LogP contribution < -0.4 is 10.6 Å². The maximum Gasteiger partial charge on any atom is 0.315 e. The average Bonchev–Trinajstić information content (AvgIpc) is 2.75. The molecular formula is C14H24N2O4. The smallest absolute Gasteiger partial charge is 0.315 e. The van der Waals surface area contributed by atoms with E-state index in [1.807, 2.05) is 0 Å². The van der Waals surface area contributed by atoms with Crippen molar-refractivity contribution in [1.29, 1.82) is 0 Å². The molecule has 0 aromatic heterocycles. The Morgan fingerprint density at radius 2 is 1.80 bits per heavy atom. The summed E-state index contributed by atoms with van der Waals surface area (Å²) in [7, 11) is 1.67. The summed E-state index contributed by atoms with van der Waals surface area (Å²) in [5.74, 6) is -0.862. The number of rotatable bonds is 6. The second-order valence-electron chi connectivity index (χ2n) is 6.11. The average molecular weight is 284 g/mol. The zero-order valence-corrected chi connectivity index (χ0v) is 12.0. The quantitative estimate of drug-likeness (QED) is 0.692. The van der Waals surface area contributed by atoms with E-state index in [2.05, 4.69) is 10.6 Å². The van der Waals surface area contributed by atoms with Crippen LogP contribution in [0.15, 0.2) is 0 Å². The second kappa shape index (κ2) is 5.99. The van der Waals surface area contributed by atoms with Gasteiger partial charge in [-0.25, -0.2) is 4.79 Å². The number of hydrogen-bond acceptors (Lipinski definition) is 3. The Kier molecular flexibility index (Phi) is 4.52. The standard InChI is InChI=1S/C14H24N2O4/c1-20-14(7-4-8-14)10-15-12(19)16-13(9-11(17)18)5-2-3-6-13/h2-10H2,1H3,(H,17,18)(H2,15,16,19). The third-order valence-electron chi connectivity index (χ3n) is 4.70. The lowest BCUT2D eigenvalue weighted by Crippen LogP contribution is -2.56. The zero-order chi connectivity index (χ0) is 14.6. The number of carboxylic acids is 1. The van der Waals surface area contributed by atoms with Crippen molar-refractivity contribution in [3.8, 4) is 0 Å². The number of ether oxygens (including phenoxy) is 1. The second-order valence-corrected chi connectivity index (χ2v) is 6.11. The summed E-state index contributed by atoms with van der Waals surface area (Å²) in [5.41, 5.74) is -0.789. The van der Waals surface area contributed by atoms with Gasteiger partial charge in [-0.3, -0.25) is 4.79 Å². The molecule has 0 aromatic rings. The largest absolute Gasteiger partial charge is 0.481 e. The van der Waals surface area contributed by atoms with Crippen LogP contribution in [0, 0.1) is 0 Å². The summed E-state index contributed by atoms with van der Waals surface area (Å²) in [5, 5.41) is 14.7. The van der Waals surface area contributed by atoms with Gasteiger partial charge in [-0.05, 0) is 32.1 Å². The predicted octanol–water partition coefficient (Wildman–Crippen LogP) is 1.64. The Labute approximate surface area is 119 Å². The van der Waals surface area contributed by atoms with E-state index >= 15 is 0 Å². The molecule has 2 amide bonds. The van der Waals surface area contributed by atoms with Crippen molar-refractivity contribution in [1.82, 2.24) is 10.6 Å². The molecule has 0 saturated heterocycles. The molecule has 0 radical (unpaired) electrons. The van der Waals surface area contributed by atoms with Crippen LogP contribution in [0.2, 0.25) is 0 Å². The first kappa shape index (κ1) is 15.1. The number of aliphatic carboxylic acids is 1. The van der Waals surface area contributed by atoms with E-state index in [4.69, 9.17) is 9.84 Å². The lowest BCUT2D eigenvalue weighted by molar-refractivity contribution is -0.138. The number of urea groups is 1. The summed E-state index contributed by atoms with van der Waals surface area (Å²) in [4.78, 5) is 23.0. The first-order chi connectivity index (χ1) is 9.49. The first-order valence-corrected chi connectivity index (χ1v) is 7.32. The maximum atomic E-state index is 12.0. The van der Waals surface area contributed by atoms with Crippen LogP contribution in [0.25, 0.3) is 0 Å². The van der Waals surface area contributed by atoms with Crippen molar-refractivity contribution in [2.45, 2.75) is 62.5 Å². The monoisotopic (exact) mass is 284 g/mol. The van der Waals surface area contributed by atoms with E-state index < -0.39 is 11.5 Å². The molecule has 2 saturated carbocycles. The van der Waals surface area contributed by atoms with Crippen LogP contribution >= 0.6 is 0 Å². The minimum Gasteiger partial charge on any atom is -0.481 e. The van der Waals surface area contributed by atoms with E-state index in [1.54, 1.807) is 7.11 Å². The molecule has 0 aromatic carbocycles. The molecule has 20 heavy (non-hydrogen) atoms. The van der Waals surface area contributed by atoms with Crippen molar-refractivity contribution >= 4 is 12.0 Å². The van der Waals surface area contributed by atoms with Crippen LogP contribution in [0.3, 0.4) is 0 Å². The zero-order valence-electron chi connectivity index (χ0n) is 12.0. The lowest BCUT2D eigenvalue weighted by atomic mass is 9.80. The minimum absolute atomic E-state index is 0.00413. The van der Waals surface area contributed by atoms with Gasteiger partial charge in [0.2, 0.25) is 0 Å². The Morgan fingerprint density at radius 3 is 2.25 bits per heavy atom. The van der Waals surface area contributed by atoms with Gasteiger partial charge in [-0.1, -0.05) is 12.8 Å². The van der Waals surface area contributed by atoms with Gasteiger partial charge in [-0.15, -0.1) is 0 Å². The molecule has 6 nitrogen and oxygen atoms in total. The SMILES string of the molecule is COC1(CNC(=O)NC2(CC(=O)O)CCCC2)CCC1. The Hall–Kier alpha value is -1.30. The first-order valence-electron chi connectivity index (χ1n) is 7.32. The maximum absolute atomic E-state index is 12.0. The minimum atomic E-state index is -0.862. The Morgan fingerprint density at radius 1 is 1.15 bits per heavy atom. The van der Waals surface area contributed by atoms with Gasteiger partial charge in [0.1, 0.15) is 0 Å². The van der Waals surface area contributed by atoms with Gasteiger partial charge in [0.15, 0.2) is 0 Å². The molecule has 0 spiro atoms. The van der Waals surface area contributed by atoms with Gasteiger partial charge in [-0.2, -0.15) is 0 Å². The number of nitrogens with one attached hydrogen (secondary N) is 2. The number of carbonyl (C=O) groups excluding carboxylic acids is 1. The highest BCUT2D eigenvalue weighted by Crippen LogP contribution is 2.35. The van der Waals surface area contributed by atoms with E-state index in [0.29, 0.717) is 6.54 Å². The highest BCUT2D eigenvalue weighted by molar-refractivity contribution is 5.77. The topological polar surface area (TPSA) is 87.7 Å². The molecule has 114 valence electrons. The van der Waals surface area contributed by atoms with Crippen molar-refractivity contribution < 1.29 is 19.4 Å². The van der Waals surface area contributed by atoms with Gasteiger partial charge < -0.3 is 20.5 Å². The fourth-order valence-corrected chi connectivity index (χ4v) is 3.24. The summed E-state index contributed by atoms with van der Waals surface area (Å²) >= 11 is 0. The van der Waals surface area contributed by atoms with E-state index in [1.165, 1.54) is 0 Å². The van der Waals surface area contributed by atoms with Gasteiger partial charge in [0.05, 0.1) is 17.6 Å². The summed E-state index contributed by atoms with van der Waals surface area (Å²) < 4.78 is 5.45. The van der Waals surface area contributed by atoms with Gasteiger partial charge >= 0.3 is 12.0 Å². The van der Waals surface area contributed by atoms with E-state index in [-0.39, 0.29) is 18.1 Å². The molecule has 0 unspecified atom stereocenters. The van der Waals surface area contributed by atoms with Crippen molar-refractivity contribution in [2.75, 3.05) is 13.7 Å². The van der Waals surface area contributed by atoms with Crippen LogP contribution in [-0.4, -0.2) is 41.9 Å². The molecule has 0 bridgehead atoms. The third-order valence-corrected chi connectivity index (χ3v) is 4.70. The van der Waals surface area contributed by atoms with Crippen molar-refractivity contribution in [3.63, 3.8) is 0 Å².